The van der Waals surface area contributed by atoms with Crippen LogP contribution in [-0.4, -0.2) is 22.5 Å². The van der Waals surface area contributed by atoms with Gasteiger partial charge in [0.25, 0.3) is 0 Å². The third-order valence-electron chi connectivity index (χ3n) is 3.85. The first kappa shape index (κ1) is 16.5. The Morgan fingerprint density at radius 1 is 1.14 bits per heavy atom. The van der Waals surface area contributed by atoms with E-state index in [1.807, 2.05) is 20.8 Å². The van der Waals surface area contributed by atoms with Gasteiger partial charge in [0, 0.05) is 23.4 Å². The minimum Gasteiger partial charge on any atom is -0.360 e. The molecular formula is C16H25N3O3. The molecule has 1 aromatic heterocycles. The Labute approximate surface area is 131 Å². The van der Waals surface area contributed by atoms with E-state index < -0.39 is 0 Å². The molecule has 2 N–H and O–H groups in total. The van der Waals surface area contributed by atoms with Gasteiger partial charge < -0.3 is 15.2 Å². The molecule has 1 aliphatic carbocycles. The number of aryl methyl sites for hydroxylation is 1. The summed E-state index contributed by atoms with van der Waals surface area (Å²) in [5.74, 6) is 1.13. The highest BCUT2D eigenvalue weighted by atomic mass is 16.5. The Bertz CT molecular complexity index is 537. The molecule has 1 heterocycles. The van der Waals surface area contributed by atoms with Crippen molar-refractivity contribution in [2.24, 2.45) is 11.8 Å². The second-order valence-electron chi connectivity index (χ2n) is 7.10. The van der Waals surface area contributed by atoms with Gasteiger partial charge in [0.15, 0.2) is 5.82 Å². The molecule has 6 heteroatoms. The van der Waals surface area contributed by atoms with Gasteiger partial charge in [0.1, 0.15) is 5.76 Å². The molecule has 122 valence electrons. The molecule has 2 rings (SSSR count). The van der Waals surface area contributed by atoms with E-state index in [1.165, 1.54) is 0 Å². The van der Waals surface area contributed by atoms with E-state index in [1.54, 1.807) is 13.0 Å². The van der Waals surface area contributed by atoms with Crippen LogP contribution in [0.15, 0.2) is 10.6 Å². The van der Waals surface area contributed by atoms with Crippen molar-refractivity contribution in [3.63, 3.8) is 0 Å². The number of hydrogen-bond acceptors (Lipinski definition) is 4. The third-order valence-corrected chi connectivity index (χ3v) is 3.85. The Morgan fingerprint density at radius 2 is 1.68 bits per heavy atom. The molecule has 1 saturated carbocycles. The van der Waals surface area contributed by atoms with Crippen LogP contribution in [0.5, 0.6) is 0 Å². The number of nitrogens with one attached hydrogen (secondary N) is 2. The lowest BCUT2D eigenvalue weighted by molar-refractivity contribution is -0.129. The lowest BCUT2D eigenvalue weighted by Gasteiger charge is -2.29. The number of amides is 2. The fourth-order valence-electron chi connectivity index (χ4n) is 2.74. The summed E-state index contributed by atoms with van der Waals surface area (Å²) in [6.07, 6.45) is 2.95. The van der Waals surface area contributed by atoms with Crippen molar-refractivity contribution in [3.8, 4) is 0 Å². The molecule has 0 spiro atoms. The number of hydrogen-bond donors (Lipinski definition) is 2. The van der Waals surface area contributed by atoms with Crippen molar-refractivity contribution in [2.45, 2.75) is 58.9 Å². The van der Waals surface area contributed by atoms with E-state index in [2.05, 4.69) is 15.8 Å². The maximum absolute atomic E-state index is 12.2. The number of anilines is 1. The van der Waals surface area contributed by atoms with Crippen LogP contribution in [0.25, 0.3) is 0 Å². The van der Waals surface area contributed by atoms with Crippen LogP contribution in [0.1, 0.15) is 52.2 Å². The summed E-state index contributed by atoms with van der Waals surface area (Å²) in [5, 5.41) is 9.55. The van der Waals surface area contributed by atoms with Gasteiger partial charge in [-0.3, -0.25) is 9.59 Å². The third kappa shape index (κ3) is 4.58. The molecule has 0 bridgehead atoms. The summed E-state index contributed by atoms with van der Waals surface area (Å²) >= 11 is 0. The van der Waals surface area contributed by atoms with Gasteiger partial charge >= 0.3 is 0 Å². The van der Waals surface area contributed by atoms with Crippen LogP contribution in [0.2, 0.25) is 0 Å². The molecule has 22 heavy (non-hydrogen) atoms. The van der Waals surface area contributed by atoms with Gasteiger partial charge in [0.2, 0.25) is 11.8 Å². The van der Waals surface area contributed by atoms with E-state index in [9.17, 15) is 9.59 Å². The molecule has 1 aromatic rings. The highest BCUT2D eigenvalue weighted by molar-refractivity contribution is 5.91. The van der Waals surface area contributed by atoms with E-state index >= 15 is 0 Å². The molecule has 6 nitrogen and oxygen atoms in total. The standard InChI is InChI=1S/C16H25N3O3/c1-10-9-13(19-22-10)17-14(20)11-5-7-12(8-6-11)15(21)18-16(2,3)4/h9,11-12H,5-8H2,1-4H3,(H,18,21)(H,17,19,20). The first-order chi connectivity index (χ1) is 10.2. The van der Waals surface area contributed by atoms with Gasteiger partial charge in [-0.2, -0.15) is 0 Å². The van der Waals surface area contributed by atoms with E-state index in [0.717, 1.165) is 25.7 Å². The van der Waals surface area contributed by atoms with Gasteiger partial charge in [-0.1, -0.05) is 5.16 Å². The van der Waals surface area contributed by atoms with E-state index in [-0.39, 0.29) is 29.2 Å². The van der Waals surface area contributed by atoms with Crippen molar-refractivity contribution < 1.29 is 14.1 Å². The number of rotatable bonds is 3. The Balaban J connectivity index is 1.81. The second-order valence-corrected chi connectivity index (χ2v) is 7.10. The SMILES string of the molecule is Cc1cc(NC(=O)C2CCC(C(=O)NC(C)(C)C)CC2)no1. The number of carbonyl (C=O) groups excluding carboxylic acids is 2. The average Bonchev–Trinajstić information content (AvgIpc) is 2.82. The van der Waals surface area contributed by atoms with Crippen LogP contribution in [0, 0.1) is 18.8 Å². The maximum atomic E-state index is 12.2. The number of carbonyl (C=O) groups is 2. The van der Waals surface area contributed by atoms with Crippen molar-refractivity contribution in [3.05, 3.63) is 11.8 Å². The maximum Gasteiger partial charge on any atom is 0.228 e. The molecule has 2 amide bonds. The fraction of sp³-hybridized carbons (Fsp3) is 0.688. The van der Waals surface area contributed by atoms with Crippen molar-refractivity contribution >= 4 is 17.6 Å². The molecule has 0 aromatic carbocycles. The van der Waals surface area contributed by atoms with Crippen LogP contribution >= 0.6 is 0 Å². The van der Waals surface area contributed by atoms with Gasteiger partial charge in [-0.25, -0.2) is 0 Å². The summed E-state index contributed by atoms with van der Waals surface area (Å²) in [6, 6.07) is 1.69. The molecule has 0 atom stereocenters. The van der Waals surface area contributed by atoms with Crippen LogP contribution in [-0.2, 0) is 9.59 Å². The molecule has 0 saturated heterocycles. The molecular weight excluding hydrogens is 282 g/mol. The minimum atomic E-state index is -0.212. The van der Waals surface area contributed by atoms with E-state index in [4.69, 9.17) is 4.52 Å². The Hall–Kier alpha value is -1.85. The van der Waals surface area contributed by atoms with Crippen molar-refractivity contribution in [1.82, 2.24) is 10.5 Å². The summed E-state index contributed by atoms with van der Waals surface area (Å²) in [5.41, 5.74) is -0.212. The second kappa shape index (κ2) is 6.50. The zero-order chi connectivity index (χ0) is 16.3. The molecule has 1 aliphatic rings. The Kier molecular flexibility index (Phi) is 4.88. The minimum absolute atomic E-state index is 0.0116. The lowest BCUT2D eigenvalue weighted by Crippen LogP contribution is -2.45. The predicted molar refractivity (Wildman–Crippen MR) is 83.2 cm³/mol. The van der Waals surface area contributed by atoms with Gasteiger partial charge in [-0.05, 0) is 53.4 Å². The van der Waals surface area contributed by atoms with Crippen LogP contribution < -0.4 is 10.6 Å². The molecule has 0 radical (unpaired) electrons. The number of nitrogens with zero attached hydrogens (tertiary/aromatic N) is 1. The average molecular weight is 307 g/mol. The fourth-order valence-corrected chi connectivity index (χ4v) is 2.74. The first-order valence-corrected chi connectivity index (χ1v) is 7.81. The molecule has 1 fully saturated rings. The van der Waals surface area contributed by atoms with Gasteiger partial charge in [0.05, 0.1) is 0 Å². The van der Waals surface area contributed by atoms with Crippen LogP contribution in [0.4, 0.5) is 5.82 Å². The molecule has 0 unspecified atom stereocenters. The summed E-state index contributed by atoms with van der Waals surface area (Å²) in [4.78, 5) is 24.3. The normalized spacial score (nSPS) is 22.2. The zero-order valence-corrected chi connectivity index (χ0v) is 13.7. The number of aromatic nitrogens is 1. The lowest BCUT2D eigenvalue weighted by atomic mass is 9.81. The Morgan fingerprint density at radius 3 is 2.14 bits per heavy atom. The highest BCUT2D eigenvalue weighted by Crippen LogP contribution is 2.30. The molecule has 0 aliphatic heterocycles. The first-order valence-electron chi connectivity index (χ1n) is 7.81. The zero-order valence-electron chi connectivity index (χ0n) is 13.7. The monoisotopic (exact) mass is 307 g/mol. The highest BCUT2D eigenvalue weighted by Gasteiger charge is 2.31. The smallest absolute Gasteiger partial charge is 0.228 e. The van der Waals surface area contributed by atoms with Crippen molar-refractivity contribution in [1.29, 1.82) is 0 Å². The van der Waals surface area contributed by atoms with E-state index in [0.29, 0.717) is 11.6 Å². The summed E-state index contributed by atoms with van der Waals surface area (Å²) < 4.78 is 4.93. The quantitative estimate of drug-likeness (QED) is 0.899. The van der Waals surface area contributed by atoms with Crippen molar-refractivity contribution in [2.75, 3.05) is 5.32 Å². The van der Waals surface area contributed by atoms with Crippen LogP contribution in [0.3, 0.4) is 0 Å². The summed E-state index contributed by atoms with van der Waals surface area (Å²) in [6.45, 7) is 7.71. The van der Waals surface area contributed by atoms with Gasteiger partial charge in [-0.15, -0.1) is 0 Å². The largest absolute Gasteiger partial charge is 0.360 e. The summed E-state index contributed by atoms with van der Waals surface area (Å²) in [7, 11) is 0. The predicted octanol–water partition coefficient (Wildman–Crippen LogP) is 2.64. The topological polar surface area (TPSA) is 84.2 Å².